The average molecular weight is 355 g/mol. The number of halogens is 1. The van der Waals surface area contributed by atoms with Crippen molar-refractivity contribution in [1.29, 1.82) is 0 Å². The van der Waals surface area contributed by atoms with Crippen molar-refractivity contribution < 1.29 is 4.79 Å². The van der Waals surface area contributed by atoms with E-state index >= 15 is 0 Å². The van der Waals surface area contributed by atoms with Crippen molar-refractivity contribution in [3.05, 3.63) is 70.2 Å². The maximum absolute atomic E-state index is 12.8. The van der Waals surface area contributed by atoms with Crippen molar-refractivity contribution in [2.75, 3.05) is 19.6 Å². The van der Waals surface area contributed by atoms with E-state index in [1.807, 2.05) is 30.3 Å². The van der Waals surface area contributed by atoms with Gasteiger partial charge in [-0.15, -0.1) is 0 Å². The molecule has 0 spiro atoms. The second-order valence-corrected chi connectivity index (χ2v) is 7.68. The van der Waals surface area contributed by atoms with E-state index in [4.69, 9.17) is 11.6 Å². The van der Waals surface area contributed by atoms with Crippen LogP contribution in [-0.4, -0.2) is 25.5 Å². The molecule has 2 aromatic carbocycles. The third-order valence-electron chi connectivity index (χ3n) is 5.60. The van der Waals surface area contributed by atoms with Gasteiger partial charge in [0.15, 0.2) is 0 Å². The molecule has 2 fully saturated rings. The van der Waals surface area contributed by atoms with Gasteiger partial charge in [-0.2, -0.15) is 0 Å². The molecule has 4 rings (SSSR count). The Bertz CT molecular complexity index is 762. The number of carbonyl (C=O) groups is 1. The molecule has 1 aliphatic heterocycles. The molecule has 25 heavy (non-hydrogen) atoms. The van der Waals surface area contributed by atoms with Crippen LogP contribution in [-0.2, 0) is 5.41 Å². The van der Waals surface area contributed by atoms with Gasteiger partial charge in [0.2, 0.25) is 0 Å². The molecule has 2 aromatic rings. The predicted octanol–water partition coefficient (Wildman–Crippen LogP) is 3.88. The van der Waals surface area contributed by atoms with Gasteiger partial charge < -0.3 is 10.6 Å². The van der Waals surface area contributed by atoms with E-state index < -0.39 is 0 Å². The monoisotopic (exact) mass is 354 g/mol. The Hall–Kier alpha value is -1.84. The van der Waals surface area contributed by atoms with Crippen molar-refractivity contribution in [2.24, 2.45) is 0 Å². The maximum atomic E-state index is 12.8. The summed E-state index contributed by atoms with van der Waals surface area (Å²) >= 11 is 5.99. The molecule has 1 amide bonds. The van der Waals surface area contributed by atoms with Crippen molar-refractivity contribution in [2.45, 2.75) is 30.6 Å². The quantitative estimate of drug-likeness (QED) is 0.855. The number of amides is 1. The van der Waals surface area contributed by atoms with Crippen molar-refractivity contribution >= 4 is 17.5 Å². The minimum Gasteiger partial charge on any atom is -0.351 e. The number of benzene rings is 2. The van der Waals surface area contributed by atoms with Crippen molar-refractivity contribution in [3.8, 4) is 0 Å². The van der Waals surface area contributed by atoms with E-state index in [0.717, 1.165) is 42.9 Å². The van der Waals surface area contributed by atoms with Crippen LogP contribution in [0.4, 0.5) is 0 Å². The second kappa shape index (κ2) is 6.81. The van der Waals surface area contributed by atoms with Gasteiger partial charge in [0.05, 0.1) is 0 Å². The molecule has 0 radical (unpaired) electrons. The van der Waals surface area contributed by atoms with Gasteiger partial charge in [0.1, 0.15) is 0 Å². The normalized spacial score (nSPS) is 21.1. The van der Waals surface area contributed by atoms with E-state index in [9.17, 15) is 4.79 Å². The molecule has 0 unspecified atom stereocenters. The largest absolute Gasteiger partial charge is 0.351 e. The highest BCUT2D eigenvalue weighted by atomic mass is 35.5. The lowest BCUT2D eigenvalue weighted by molar-refractivity contribution is 0.0948. The molecule has 130 valence electrons. The van der Waals surface area contributed by atoms with Crippen molar-refractivity contribution in [3.63, 3.8) is 0 Å². The summed E-state index contributed by atoms with van der Waals surface area (Å²) in [6.07, 6.45) is 3.32. The summed E-state index contributed by atoms with van der Waals surface area (Å²) in [5, 5.41) is 7.33. The minimum absolute atomic E-state index is 0.0442. The maximum Gasteiger partial charge on any atom is 0.251 e. The average Bonchev–Trinajstić information content (AvgIpc) is 3.23. The Morgan fingerprint density at radius 3 is 2.60 bits per heavy atom. The van der Waals surface area contributed by atoms with E-state index in [1.165, 1.54) is 11.1 Å². The number of hydrogen-bond donors (Lipinski definition) is 2. The third kappa shape index (κ3) is 3.44. The molecule has 1 saturated heterocycles. The van der Waals surface area contributed by atoms with Gasteiger partial charge in [-0.25, -0.2) is 0 Å². The molecule has 1 saturated carbocycles. The van der Waals surface area contributed by atoms with Gasteiger partial charge in [-0.3, -0.25) is 4.79 Å². The summed E-state index contributed by atoms with van der Waals surface area (Å²) in [5.74, 6) is 0.482. The molecule has 3 nitrogen and oxygen atoms in total. The van der Waals surface area contributed by atoms with Crippen LogP contribution < -0.4 is 10.6 Å². The van der Waals surface area contributed by atoms with Gasteiger partial charge in [-0.1, -0.05) is 41.9 Å². The number of nitrogens with one attached hydrogen (secondary N) is 2. The molecular formula is C21H23ClN2O. The van der Waals surface area contributed by atoms with E-state index in [2.05, 4.69) is 28.8 Å². The first-order valence-corrected chi connectivity index (χ1v) is 9.40. The number of rotatable bonds is 5. The predicted molar refractivity (Wildman–Crippen MR) is 101 cm³/mol. The lowest BCUT2D eigenvalue weighted by Crippen LogP contribution is -2.33. The topological polar surface area (TPSA) is 41.1 Å². The zero-order valence-corrected chi connectivity index (χ0v) is 15.0. The SMILES string of the molecule is O=C(NCC1(c2ccc(Cl)cc2)CC1)c1ccccc1[C@@H]1CCNC1. The Morgan fingerprint density at radius 1 is 1.16 bits per heavy atom. The van der Waals surface area contributed by atoms with Crippen molar-refractivity contribution in [1.82, 2.24) is 10.6 Å². The van der Waals surface area contributed by atoms with Gasteiger partial charge >= 0.3 is 0 Å². The standard InChI is InChI=1S/C21H23ClN2O/c22-17-7-5-16(6-8-17)21(10-11-21)14-24-20(25)19-4-2-1-3-18(19)15-9-12-23-13-15/h1-8,15,23H,9-14H2,(H,24,25)/t15-/m1/s1. The first-order chi connectivity index (χ1) is 12.2. The van der Waals surface area contributed by atoms with Gasteiger partial charge in [0, 0.05) is 29.1 Å². The summed E-state index contributed by atoms with van der Waals surface area (Å²) in [6, 6.07) is 16.1. The highest BCUT2D eigenvalue weighted by Gasteiger charge is 2.44. The minimum atomic E-state index is 0.0442. The fraction of sp³-hybridized carbons (Fsp3) is 0.381. The zero-order chi connectivity index (χ0) is 17.3. The molecule has 1 aliphatic carbocycles. The number of hydrogen-bond acceptors (Lipinski definition) is 2. The Balaban J connectivity index is 1.47. The van der Waals surface area contributed by atoms with Gasteiger partial charge in [0.25, 0.3) is 5.91 Å². The zero-order valence-electron chi connectivity index (χ0n) is 14.2. The smallest absolute Gasteiger partial charge is 0.251 e. The Labute approximate surface area is 153 Å². The molecule has 2 aliphatic rings. The molecule has 1 heterocycles. The van der Waals surface area contributed by atoms with Crippen LogP contribution in [0.15, 0.2) is 48.5 Å². The lowest BCUT2D eigenvalue weighted by atomic mass is 9.92. The highest BCUT2D eigenvalue weighted by Crippen LogP contribution is 2.47. The first kappa shape index (κ1) is 16.6. The number of carbonyl (C=O) groups excluding carboxylic acids is 1. The second-order valence-electron chi connectivity index (χ2n) is 7.25. The van der Waals surface area contributed by atoms with E-state index in [-0.39, 0.29) is 11.3 Å². The van der Waals surface area contributed by atoms with Crippen LogP contribution in [0.1, 0.15) is 46.7 Å². The molecule has 2 N–H and O–H groups in total. The highest BCUT2D eigenvalue weighted by molar-refractivity contribution is 6.30. The van der Waals surface area contributed by atoms with Crippen LogP contribution in [0.3, 0.4) is 0 Å². The summed E-state index contributed by atoms with van der Waals surface area (Å²) in [6.45, 7) is 2.67. The Kier molecular flexibility index (Phi) is 4.53. The van der Waals surface area contributed by atoms with Crippen LogP contribution in [0.25, 0.3) is 0 Å². The van der Waals surface area contributed by atoms with E-state index in [0.29, 0.717) is 12.5 Å². The first-order valence-electron chi connectivity index (χ1n) is 9.02. The lowest BCUT2D eigenvalue weighted by Gasteiger charge is -2.19. The molecule has 0 bridgehead atoms. The van der Waals surface area contributed by atoms with Crippen LogP contribution in [0.5, 0.6) is 0 Å². The summed E-state index contributed by atoms with van der Waals surface area (Å²) in [7, 11) is 0. The Morgan fingerprint density at radius 2 is 1.92 bits per heavy atom. The molecule has 4 heteroatoms. The fourth-order valence-electron chi connectivity index (χ4n) is 3.85. The molecule has 0 aromatic heterocycles. The van der Waals surface area contributed by atoms with Crippen LogP contribution >= 0.6 is 11.6 Å². The third-order valence-corrected chi connectivity index (χ3v) is 5.86. The fourth-order valence-corrected chi connectivity index (χ4v) is 3.97. The van der Waals surface area contributed by atoms with E-state index in [1.54, 1.807) is 0 Å². The molecular weight excluding hydrogens is 332 g/mol. The summed E-state index contributed by atoms with van der Waals surface area (Å²) in [4.78, 5) is 12.8. The molecule has 1 atom stereocenters. The van der Waals surface area contributed by atoms with Crippen LogP contribution in [0, 0.1) is 0 Å². The summed E-state index contributed by atoms with van der Waals surface area (Å²) < 4.78 is 0. The summed E-state index contributed by atoms with van der Waals surface area (Å²) in [5.41, 5.74) is 3.35. The van der Waals surface area contributed by atoms with Gasteiger partial charge in [-0.05, 0) is 61.1 Å². The van der Waals surface area contributed by atoms with Crippen LogP contribution in [0.2, 0.25) is 5.02 Å².